The molecule has 0 atom stereocenters. The van der Waals surface area contributed by atoms with E-state index in [1.54, 1.807) is 38.3 Å². The Labute approximate surface area is 192 Å². The van der Waals surface area contributed by atoms with Crippen molar-refractivity contribution < 1.29 is 23.8 Å². The van der Waals surface area contributed by atoms with E-state index in [0.29, 0.717) is 22.3 Å². The molecule has 0 spiro atoms. The molecule has 0 aliphatic carbocycles. The average molecular weight is 443 g/mol. The van der Waals surface area contributed by atoms with Crippen LogP contribution in [0, 0.1) is 6.92 Å². The van der Waals surface area contributed by atoms with E-state index in [1.807, 2.05) is 60.0 Å². The molecule has 0 amide bonds. The SMILES string of the molecule is CCOC(=O)c1c(C)n(-c2ccc(OC)cc2)c2ccc(OCC(=O)c3ccccc3)cc12. The van der Waals surface area contributed by atoms with Crippen LogP contribution in [0.1, 0.15) is 33.3 Å². The number of fused-ring (bicyclic) bond motifs is 1. The molecule has 0 saturated heterocycles. The fourth-order valence-electron chi connectivity index (χ4n) is 3.87. The molecule has 3 aromatic carbocycles. The Morgan fingerprint density at radius 2 is 1.61 bits per heavy atom. The van der Waals surface area contributed by atoms with Crippen LogP contribution in [-0.2, 0) is 4.74 Å². The Bertz CT molecular complexity index is 1290. The normalized spacial score (nSPS) is 10.8. The summed E-state index contributed by atoms with van der Waals surface area (Å²) in [6.07, 6.45) is 0. The molecule has 0 N–H and O–H groups in total. The van der Waals surface area contributed by atoms with Crippen molar-refractivity contribution in [1.82, 2.24) is 4.57 Å². The van der Waals surface area contributed by atoms with Crippen LogP contribution in [0.5, 0.6) is 11.5 Å². The summed E-state index contributed by atoms with van der Waals surface area (Å²) in [5, 5.41) is 0.700. The van der Waals surface area contributed by atoms with E-state index in [1.165, 1.54) is 0 Å². The number of methoxy groups -OCH3 is 1. The lowest BCUT2D eigenvalue weighted by atomic mass is 10.1. The highest BCUT2D eigenvalue weighted by Crippen LogP contribution is 2.33. The van der Waals surface area contributed by atoms with Gasteiger partial charge in [-0.3, -0.25) is 4.79 Å². The number of ether oxygens (including phenoxy) is 3. The van der Waals surface area contributed by atoms with Gasteiger partial charge in [0.25, 0.3) is 0 Å². The molecular formula is C27H25NO5. The first kappa shape index (κ1) is 22.1. The zero-order valence-electron chi connectivity index (χ0n) is 18.8. The van der Waals surface area contributed by atoms with E-state index in [2.05, 4.69) is 0 Å². The smallest absolute Gasteiger partial charge is 0.340 e. The van der Waals surface area contributed by atoms with Crippen LogP contribution in [0.3, 0.4) is 0 Å². The number of nitrogens with zero attached hydrogens (tertiary/aromatic N) is 1. The molecule has 0 fully saturated rings. The summed E-state index contributed by atoms with van der Waals surface area (Å²) in [5.41, 5.74) is 3.55. The fourth-order valence-corrected chi connectivity index (χ4v) is 3.87. The number of ketones is 1. The summed E-state index contributed by atoms with van der Waals surface area (Å²) in [4.78, 5) is 25.3. The molecule has 0 aliphatic heterocycles. The molecule has 4 rings (SSSR count). The number of hydrogen-bond donors (Lipinski definition) is 0. The van der Waals surface area contributed by atoms with Gasteiger partial charge in [-0.05, 0) is 56.3 Å². The molecule has 4 aromatic rings. The molecule has 0 aliphatic rings. The minimum Gasteiger partial charge on any atom is -0.497 e. The van der Waals surface area contributed by atoms with Gasteiger partial charge in [-0.1, -0.05) is 30.3 Å². The first-order chi connectivity index (χ1) is 16.0. The predicted molar refractivity (Wildman–Crippen MR) is 127 cm³/mol. The Kier molecular flexibility index (Phi) is 6.45. The maximum Gasteiger partial charge on any atom is 0.340 e. The third kappa shape index (κ3) is 4.46. The molecule has 0 unspecified atom stereocenters. The second-order valence-electron chi connectivity index (χ2n) is 7.47. The molecule has 1 heterocycles. The minimum absolute atomic E-state index is 0.0948. The highest BCUT2D eigenvalue weighted by Gasteiger charge is 2.22. The summed E-state index contributed by atoms with van der Waals surface area (Å²) in [5.74, 6) is 0.736. The van der Waals surface area contributed by atoms with E-state index in [0.717, 1.165) is 22.6 Å². The molecule has 6 heteroatoms. The van der Waals surface area contributed by atoms with Crippen molar-refractivity contribution >= 4 is 22.7 Å². The van der Waals surface area contributed by atoms with Gasteiger partial charge in [-0.25, -0.2) is 4.79 Å². The van der Waals surface area contributed by atoms with Gasteiger partial charge in [0.15, 0.2) is 12.4 Å². The zero-order valence-corrected chi connectivity index (χ0v) is 18.8. The largest absolute Gasteiger partial charge is 0.497 e. The third-order valence-electron chi connectivity index (χ3n) is 5.45. The third-order valence-corrected chi connectivity index (χ3v) is 5.45. The van der Waals surface area contributed by atoms with Crippen LogP contribution in [0.2, 0.25) is 0 Å². The van der Waals surface area contributed by atoms with Crippen molar-refractivity contribution in [2.24, 2.45) is 0 Å². The van der Waals surface area contributed by atoms with E-state index < -0.39 is 5.97 Å². The molecule has 6 nitrogen and oxygen atoms in total. The van der Waals surface area contributed by atoms with Crippen LogP contribution in [0.25, 0.3) is 16.6 Å². The Morgan fingerprint density at radius 1 is 0.909 bits per heavy atom. The van der Waals surface area contributed by atoms with Crippen molar-refractivity contribution in [2.75, 3.05) is 20.3 Å². The number of rotatable bonds is 8. The number of carbonyl (C=O) groups excluding carboxylic acids is 2. The quantitative estimate of drug-likeness (QED) is 0.270. The van der Waals surface area contributed by atoms with Crippen molar-refractivity contribution in [3.05, 3.63) is 89.6 Å². The lowest BCUT2D eigenvalue weighted by Gasteiger charge is -2.10. The second-order valence-corrected chi connectivity index (χ2v) is 7.47. The van der Waals surface area contributed by atoms with Crippen molar-refractivity contribution in [2.45, 2.75) is 13.8 Å². The van der Waals surface area contributed by atoms with Crippen LogP contribution >= 0.6 is 0 Å². The highest BCUT2D eigenvalue weighted by molar-refractivity contribution is 6.07. The van der Waals surface area contributed by atoms with Crippen molar-refractivity contribution in [3.8, 4) is 17.2 Å². The first-order valence-corrected chi connectivity index (χ1v) is 10.7. The number of hydrogen-bond acceptors (Lipinski definition) is 5. The van der Waals surface area contributed by atoms with Crippen LogP contribution < -0.4 is 9.47 Å². The Morgan fingerprint density at radius 3 is 2.27 bits per heavy atom. The van der Waals surface area contributed by atoms with Crippen molar-refractivity contribution in [1.29, 1.82) is 0 Å². The molecule has 1 aromatic heterocycles. The van der Waals surface area contributed by atoms with Crippen LogP contribution in [0.15, 0.2) is 72.8 Å². The minimum atomic E-state index is -0.398. The summed E-state index contributed by atoms with van der Waals surface area (Å²) in [7, 11) is 1.62. The molecule has 0 radical (unpaired) electrons. The molecule has 33 heavy (non-hydrogen) atoms. The maximum absolute atomic E-state index is 12.8. The van der Waals surface area contributed by atoms with E-state index in [4.69, 9.17) is 14.2 Å². The number of carbonyl (C=O) groups is 2. The Hall–Kier alpha value is -4.06. The van der Waals surface area contributed by atoms with Gasteiger partial charge >= 0.3 is 5.97 Å². The maximum atomic E-state index is 12.8. The van der Waals surface area contributed by atoms with Gasteiger partial charge in [0.1, 0.15) is 11.5 Å². The van der Waals surface area contributed by atoms with Gasteiger partial charge in [0, 0.05) is 22.3 Å². The lowest BCUT2D eigenvalue weighted by Crippen LogP contribution is -2.11. The predicted octanol–water partition coefficient (Wildman–Crippen LogP) is 5.39. The molecule has 0 bridgehead atoms. The standard InChI is InChI=1S/C27H25NO5/c1-4-32-27(30)26-18(2)28(20-10-12-21(31-3)13-11-20)24-15-14-22(16-23(24)26)33-17-25(29)19-8-6-5-7-9-19/h5-16H,4,17H2,1-3H3. The fraction of sp³-hybridized carbons (Fsp3) is 0.185. The van der Waals surface area contributed by atoms with Crippen LogP contribution in [-0.4, -0.2) is 36.6 Å². The molecular weight excluding hydrogens is 418 g/mol. The van der Waals surface area contributed by atoms with Gasteiger partial charge < -0.3 is 18.8 Å². The number of Topliss-reactive ketones (excluding diaryl/α,β-unsaturated/α-hetero) is 1. The second kappa shape index (κ2) is 9.61. The first-order valence-electron chi connectivity index (χ1n) is 10.7. The molecule has 168 valence electrons. The van der Waals surface area contributed by atoms with Gasteiger partial charge in [0.05, 0.1) is 24.8 Å². The van der Waals surface area contributed by atoms with E-state index in [9.17, 15) is 9.59 Å². The summed E-state index contributed by atoms with van der Waals surface area (Å²) >= 11 is 0. The van der Waals surface area contributed by atoms with Gasteiger partial charge in [-0.15, -0.1) is 0 Å². The van der Waals surface area contributed by atoms with Crippen LogP contribution in [0.4, 0.5) is 0 Å². The summed E-state index contributed by atoms with van der Waals surface area (Å²) in [6.45, 7) is 3.84. The summed E-state index contributed by atoms with van der Waals surface area (Å²) in [6, 6.07) is 22.1. The topological polar surface area (TPSA) is 66.8 Å². The van der Waals surface area contributed by atoms with Crippen molar-refractivity contribution in [3.63, 3.8) is 0 Å². The Balaban J connectivity index is 1.73. The highest BCUT2D eigenvalue weighted by atomic mass is 16.5. The lowest BCUT2D eigenvalue weighted by molar-refractivity contribution is 0.0527. The molecule has 0 saturated carbocycles. The van der Waals surface area contributed by atoms with Gasteiger partial charge in [0.2, 0.25) is 0 Å². The summed E-state index contributed by atoms with van der Waals surface area (Å²) < 4.78 is 18.4. The number of benzene rings is 3. The monoisotopic (exact) mass is 443 g/mol. The van der Waals surface area contributed by atoms with Gasteiger partial charge in [-0.2, -0.15) is 0 Å². The number of esters is 1. The number of aromatic nitrogens is 1. The zero-order chi connectivity index (χ0) is 23.4. The average Bonchev–Trinajstić information content (AvgIpc) is 3.14. The van der Waals surface area contributed by atoms with E-state index in [-0.39, 0.29) is 19.0 Å². The van der Waals surface area contributed by atoms with E-state index >= 15 is 0 Å².